The van der Waals surface area contributed by atoms with Crippen molar-refractivity contribution in [2.45, 2.75) is 26.3 Å². The average Bonchev–Trinajstić information content (AvgIpc) is 2.60. The summed E-state index contributed by atoms with van der Waals surface area (Å²) in [6.45, 7) is 7.34. The number of nitrogens with zero attached hydrogens (tertiary/aromatic N) is 1. The molecule has 3 nitrogen and oxygen atoms in total. The molecule has 0 unspecified atom stereocenters. The average molecular weight is 234 g/mol. The Morgan fingerprint density at radius 2 is 2.18 bits per heavy atom. The fourth-order valence-corrected chi connectivity index (χ4v) is 2.29. The molecule has 0 spiro atoms. The van der Waals surface area contributed by atoms with Gasteiger partial charge in [0.1, 0.15) is 5.75 Å². The highest BCUT2D eigenvalue weighted by atomic mass is 16.3. The molecule has 17 heavy (non-hydrogen) atoms. The van der Waals surface area contributed by atoms with Gasteiger partial charge in [-0.3, -0.25) is 4.90 Å². The lowest BCUT2D eigenvalue weighted by Gasteiger charge is -2.20. The second-order valence-corrected chi connectivity index (χ2v) is 4.70. The number of benzene rings is 1. The topological polar surface area (TPSA) is 35.5 Å². The van der Waals surface area contributed by atoms with Crippen LogP contribution in [0.25, 0.3) is 0 Å². The first-order chi connectivity index (χ1) is 8.29. The molecule has 1 aromatic rings. The maximum Gasteiger partial charge on any atom is 0.120 e. The maximum atomic E-state index is 9.89. The van der Waals surface area contributed by atoms with Crippen LogP contribution in [0.4, 0.5) is 0 Å². The van der Waals surface area contributed by atoms with Gasteiger partial charge in [0.15, 0.2) is 0 Å². The fraction of sp³-hybridized carbons (Fsp3) is 0.571. The Balaban J connectivity index is 2.05. The van der Waals surface area contributed by atoms with Gasteiger partial charge in [-0.2, -0.15) is 0 Å². The highest BCUT2D eigenvalue weighted by Gasteiger charge is 2.11. The molecular weight excluding hydrogens is 212 g/mol. The summed E-state index contributed by atoms with van der Waals surface area (Å²) in [6.07, 6.45) is 2.21. The van der Waals surface area contributed by atoms with Crippen molar-refractivity contribution in [3.63, 3.8) is 0 Å². The fourth-order valence-electron chi connectivity index (χ4n) is 2.29. The van der Waals surface area contributed by atoms with Crippen molar-refractivity contribution >= 4 is 0 Å². The van der Waals surface area contributed by atoms with Crippen LogP contribution in [0.1, 0.15) is 24.5 Å². The van der Waals surface area contributed by atoms with Crippen molar-refractivity contribution in [1.29, 1.82) is 0 Å². The van der Waals surface area contributed by atoms with Gasteiger partial charge in [-0.25, -0.2) is 0 Å². The quantitative estimate of drug-likeness (QED) is 0.836. The van der Waals surface area contributed by atoms with E-state index in [-0.39, 0.29) is 0 Å². The highest BCUT2D eigenvalue weighted by Crippen LogP contribution is 2.21. The first kappa shape index (κ1) is 12.4. The van der Waals surface area contributed by atoms with E-state index in [1.807, 2.05) is 12.1 Å². The molecule has 0 saturated carbocycles. The van der Waals surface area contributed by atoms with Crippen LogP contribution in [-0.2, 0) is 13.0 Å². The summed E-state index contributed by atoms with van der Waals surface area (Å²) in [4.78, 5) is 2.41. The molecule has 1 aliphatic heterocycles. The van der Waals surface area contributed by atoms with Crippen LogP contribution in [0, 0.1) is 0 Å². The zero-order valence-electron chi connectivity index (χ0n) is 10.6. The van der Waals surface area contributed by atoms with Crippen molar-refractivity contribution in [2.24, 2.45) is 0 Å². The zero-order chi connectivity index (χ0) is 12.1. The lowest BCUT2D eigenvalue weighted by atomic mass is 10.1. The number of hydrogen-bond acceptors (Lipinski definition) is 3. The number of phenolic OH excluding ortho intramolecular Hbond substituents is 1. The standard InChI is InChI=1S/C14H22N2O/c1-2-12-4-5-14(17)13(10-12)11-16-8-3-6-15-7-9-16/h4-5,10,15,17H,2-3,6-9,11H2,1H3. The van der Waals surface area contributed by atoms with Crippen molar-refractivity contribution in [2.75, 3.05) is 26.2 Å². The van der Waals surface area contributed by atoms with Crippen LogP contribution in [0.2, 0.25) is 0 Å². The van der Waals surface area contributed by atoms with E-state index in [2.05, 4.69) is 23.2 Å². The Bertz CT molecular complexity index is 357. The minimum atomic E-state index is 0.430. The molecular formula is C14H22N2O. The van der Waals surface area contributed by atoms with Gasteiger partial charge in [-0.15, -0.1) is 0 Å². The van der Waals surface area contributed by atoms with Crippen LogP contribution in [-0.4, -0.2) is 36.2 Å². The molecule has 0 aromatic heterocycles. The summed E-state index contributed by atoms with van der Waals surface area (Å²) in [6, 6.07) is 5.96. The summed E-state index contributed by atoms with van der Waals surface area (Å²) in [5.41, 5.74) is 2.36. The molecule has 94 valence electrons. The van der Waals surface area contributed by atoms with Gasteiger partial charge in [0, 0.05) is 25.2 Å². The predicted molar refractivity (Wildman–Crippen MR) is 70.2 cm³/mol. The van der Waals surface area contributed by atoms with E-state index in [1.54, 1.807) is 0 Å². The molecule has 1 aromatic carbocycles. The number of phenols is 1. The molecule has 0 amide bonds. The minimum absolute atomic E-state index is 0.430. The predicted octanol–water partition coefficient (Wildman–Crippen LogP) is 1.75. The normalized spacial score (nSPS) is 17.9. The first-order valence-corrected chi connectivity index (χ1v) is 6.53. The Kier molecular flexibility index (Phi) is 4.40. The smallest absolute Gasteiger partial charge is 0.120 e. The second-order valence-electron chi connectivity index (χ2n) is 4.70. The van der Waals surface area contributed by atoms with Crippen molar-refractivity contribution in [1.82, 2.24) is 10.2 Å². The monoisotopic (exact) mass is 234 g/mol. The summed E-state index contributed by atoms with van der Waals surface area (Å²) >= 11 is 0. The van der Waals surface area contributed by atoms with Gasteiger partial charge in [0.2, 0.25) is 0 Å². The largest absolute Gasteiger partial charge is 0.508 e. The van der Waals surface area contributed by atoms with Crippen LogP contribution in [0.15, 0.2) is 18.2 Å². The maximum absolute atomic E-state index is 9.89. The van der Waals surface area contributed by atoms with Crippen LogP contribution < -0.4 is 5.32 Å². The van der Waals surface area contributed by atoms with E-state index in [1.165, 1.54) is 12.0 Å². The summed E-state index contributed by atoms with van der Waals surface area (Å²) in [5, 5.41) is 13.3. The van der Waals surface area contributed by atoms with Crippen LogP contribution in [0.5, 0.6) is 5.75 Å². The summed E-state index contributed by atoms with van der Waals surface area (Å²) in [7, 11) is 0. The van der Waals surface area contributed by atoms with E-state index < -0.39 is 0 Å². The van der Waals surface area contributed by atoms with E-state index >= 15 is 0 Å². The number of nitrogens with one attached hydrogen (secondary N) is 1. The van der Waals surface area contributed by atoms with Crippen molar-refractivity contribution in [3.05, 3.63) is 29.3 Å². The number of rotatable bonds is 3. The van der Waals surface area contributed by atoms with Crippen LogP contribution >= 0.6 is 0 Å². The molecule has 0 aliphatic carbocycles. The van der Waals surface area contributed by atoms with Crippen molar-refractivity contribution < 1.29 is 5.11 Å². The Morgan fingerprint density at radius 3 is 3.00 bits per heavy atom. The number of hydrogen-bond donors (Lipinski definition) is 2. The zero-order valence-corrected chi connectivity index (χ0v) is 10.6. The van der Waals surface area contributed by atoms with Gasteiger partial charge in [-0.05, 0) is 37.6 Å². The third-order valence-corrected chi connectivity index (χ3v) is 3.38. The lowest BCUT2D eigenvalue weighted by Crippen LogP contribution is -2.27. The third kappa shape index (κ3) is 3.45. The highest BCUT2D eigenvalue weighted by molar-refractivity contribution is 5.36. The second kappa shape index (κ2) is 6.03. The minimum Gasteiger partial charge on any atom is -0.508 e. The molecule has 2 N–H and O–H groups in total. The van der Waals surface area contributed by atoms with Crippen molar-refractivity contribution in [3.8, 4) is 5.75 Å². The van der Waals surface area contributed by atoms with Crippen LogP contribution in [0.3, 0.4) is 0 Å². The summed E-state index contributed by atoms with van der Waals surface area (Å²) < 4.78 is 0. The SMILES string of the molecule is CCc1ccc(O)c(CN2CCCNCC2)c1. The van der Waals surface area contributed by atoms with Gasteiger partial charge in [-0.1, -0.05) is 19.1 Å². The molecule has 1 heterocycles. The van der Waals surface area contributed by atoms with E-state index in [4.69, 9.17) is 0 Å². The molecule has 0 radical (unpaired) electrons. The molecule has 2 rings (SSSR count). The Labute approximate surface area is 103 Å². The Hall–Kier alpha value is -1.06. The summed E-state index contributed by atoms with van der Waals surface area (Å²) in [5.74, 6) is 0.430. The number of aryl methyl sites for hydroxylation is 1. The molecule has 0 bridgehead atoms. The molecule has 3 heteroatoms. The lowest BCUT2D eigenvalue weighted by molar-refractivity contribution is 0.280. The molecule has 1 fully saturated rings. The van der Waals surface area contributed by atoms with E-state index in [9.17, 15) is 5.11 Å². The van der Waals surface area contributed by atoms with E-state index in [0.29, 0.717) is 5.75 Å². The molecule has 1 saturated heterocycles. The van der Waals surface area contributed by atoms with E-state index in [0.717, 1.165) is 44.7 Å². The Morgan fingerprint density at radius 1 is 1.29 bits per heavy atom. The van der Waals surface area contributed by atoms with Gasteiger partial charge in [0.25, 0.3) is 0 Å². The molecule has 1 aliphatic rings. The first-order valence-electron chi connectivity index (χ1n) is 6.53. The molecule has 0 atom stereocenters. The third-order valence-electron chi connectivity index (χ3n) is 3.38. The van der Waals surface area contributed by atoms with Gasteiger partial charge >= 0.3 is 0 Å². The van der Waals surface area contributed by atoms with Gasteiger partial charge in [0.05, 0.1) is 0 Å². The number of aromatic hydroxyl groups is 1. The van der Waals surface area contributed by atoms with Gasteiger partial charge < -0.3 is 10.4 Å².